The van der Waals surface area contributed by atoms with Gasteiger partial charge in [0.05, 0.1) is 6.61 Å². The van der Waals surface area contributed by atoms with E-state index in [0.717, 1.165) is 11.1 Å². The number of hydrogen-bond donors (Lipinski definition) is 3. The molecule has 220 valence electrons. The van der Waals surface area contributed by atoms with Crippen molar-refractivity contribution in [2.24, 2.45) is 5.73 Å². The molecule has 0 bridgehead atoms. The van der Waals surface area contributed by atoms with Gasteiger partial charge in [-0.15, -0.1) is 0 Å². The SMILES string of the molecule is CCOC(=O)/C=C/[C@H](CCC(N)=O)NC(=O)[C@@H](Cc1ccccc1)n1cccc(NC(=O)OCc2ccccc2)c1=O. The molecule has 2 atom stereocenters. The Morgan fingerprint density at radius 2 is 1.60 bits per heavy atom. The molecule has 0 saturated heterocycles. The molecular formula is C31H34N4O7. The molecule has 0 radical (unpaired) electrons. The van der Waals surface area contributed by atoms with Crippen molar-refractivity contribution in [2.75, 3.05) is 11.9 Å². The smallest absolute Gasteiger partial charge is 0.412 e. The van der Waals surface area contributed by atoms with Gasteiger partial charge < -0.3 is 25.1 Å². The summed E-state index contributed by atoms with van der Waals surface area (Å²) in [7, 11) is 0. The molecule has 0 aliphatic carbocycles. The molecule has 3 aromatic rings. The number of aromatic nitrogens is 1. The van der Waals surface area contributed by atoms with Crippen molar-refractivity contribution >= 4 is 29.6 Å². The van der Waals surface area contributed by atoms with E-state index >= 15 is 0 Å². The third kappa shape index (κ3) is 10.1. The molecule has 4 N–H and O–H groups in total. The highest BCUT2D eigenvalue weighted by Crippen LogP contribution is 2.16. The first-order valence-corrected chi connectivity index (χ1v) is 13.4. The van der Waals surface area contributed by atoms with E-state index in [9.17, 15) is 24.0 Å². The van der Waals surface area contributed by atoms with E-state index in [1.807, 2.05) is 48.5 Å². The van der Waals surface area contributed by atoms with Gasteiger partial charge >= 0.3 is 12.1 Å². The van der Waals surface area contributed by atoms with Gasteiger partial charge in [0.1, 0.15) is 18.3 Å². The van der Waals surface area contributed by atoms with Gasteiger partial charge in [-0.05, 0) is 36.6 Å². The molecule has 0 aliphatic heterocycles. The zero-order chi connectivity index (χ0) is 30.3. The van der Waals surface area contributed by atoms with E-state index < -0.39 is 41.5 Å². The van der Waals surface area contributed by atoms with Crippen LogP contribution in [-0.4, -0.2) is 41.1 Å². The van der Waals surface area contributed by atoms with Gasteiger partial charge in [-0.3, -0.25) is 19.7 Å². The molecule has 1 heterocycles. The minimum atomic E-state index is -1.05. The Bertz CT molecular complexity index is 1440. The standard InChI is InChI=1S/C31H34N4O7/c1-2-41-28(37)18-16-24(15-17-27(32)36)33-29(38)26(20-22-10-5-3-6-11-22)35-19-9-14-25(30(35)39)34-31(40)42-21-23-12-7-4-8-13-23/h3-14,16,18-19,24,26H,2,15,17,20-21H2,1H3,(H2,32,36)(H,33,38)(H,34,40)/b18-16+/t24-,26+/m0/s1. The van der Waals surface area contributed by atoms with Crippen molar-refractivity contribution in [1.82, 2.24) is 9.88 Å². The van der Waals surface area contributed by atoms with E-state index in [2.05, 4.69) is 10.6 Å². The number of primary amides is 1. The van der Waals surface area contributed by atoms with Crippen LogP contribution in [0, 0.1) is 0 Å². The summed E-state index contributed by atoms with van der Waals surface area (Å²) in [4.78, 5) is 62.9. The molecule has 11 nitrogen and oxygen atoms in total. The van der Waals surface area contributed by atoms with Gasteiger partial charge in [0, 0.05) is 31.2 Å². The van der Waals surface area contributed by atoms with Crippen molar-refractivity contribution in [3.05, 3.63) is 113 Å². The molecule has 0 fully saturated rings. The number of carbonyl (C=O) groups excluding carboxylic acids is 4. The average molecular weight is 575 g/mol. The predicted molar refractivity (Wildman–Crippen MR) is 156 cm³/mol. The predicted octanol–water partition coefficient (Wildman–Crippen LogP) is 3.25. The molecule has 0 unspecified atom stereocenters. The van der Waals surface area contributed by atoms with Gasteiger partial charge in [-0.25, -0.2) is 9.59 Å². The van der Waals surface area contributed by atoms with E-state index in [1.165, 1.54) is 35.0 Å². The minimum Gasteiger partial charge on any atom is -0.463 e. The van der Waals surface area contributed by atoms with Gasteiger partial charge in [0.25, 0.3) is 5.56 Å². The first-order valence-electron chi connectivity index (χ1n) is 13.4. The maximum absolute atomic E-state index is 13.7. The number of anilines is 1. The fourth-order valence-electron chi connectivity index (χ4n) is 4.05. The molecule has 0 aliphatic rings. The fourth-order valence-corrected chi connectivity index (χ4v) is 4.05. The summed E-state index contributed by atoms with van der Waals surface area (Å²) in [6, 6.07) is 19.3. The third-order valence-electron chi connectivity index (χ3n) is 6.11. The summed E-state index contributed by atoms with van der Waals surface area (Å²) in [5, 5.41) is 5.26. The first kappa shape index (κ1) is 31.3. The summed E-state index contributed by atoms with van der Waals surface area (Å²) < 4.78 is 11.4. The van der Waals surface area contributed by atoms with Crippen LogP contribution >= 0.6 is 0 Å². The Kier molecular flexibility index (Phi) is 12.1. The highest BCUT2D eigenvalue weighted by molar-refractivity contribution is 5.85. The lowest BCUT2D eigenvalue weighted by Gasteiger charge is -2.23. The normalized spacial score (nSPS) is 12.2. The second-order valence-corrected chi connectivity index (χ2v) is 9.26. The van der Waals surface area contributed by atoms with Crippen molar-refractivity contribution in [3.63, 3.8) is 0 Å². The number of pyridine rings is 1. The van der Waals surface area contributed by atoms with E-state index in [1.54, 1.807) is 19.1 Å². The molecule has 3 rings (SSSR count). The van der Waals surface area contributed by atoms with E-state index in [4.69, 9.17) is 15.2 Å². The summed E-state index contributed by atoms with van der Waals surface area (Å²) >= 11 is 0. The molecule has 42 heavy (non-hydrogen) atoms. The van der Waals surface area contributed by atoms with Gasteiger partial charge in [-0.2, -0.15) is 0 Å². The summed E-state index contributed by atoms with van der Waals surface area (Å²) in [5.74, 6) is -1.73. The monoisotopic (exact) mass is 574 g/mol. The van der Waals surface area contributed by atoms with Crippen LogP contribution < -0.4 is 21.9 Å². The van der Waals surface area contributed by atoms with Gasteiger partial charge in [-0.1, -0.05) is 66.7 Å². The maximum Gasteiger partial charge on any atom is 0.412 e. The van der Waals surface area contributed by atoms with Crippen LogP contribution in [0.5, 0.6) is 0 Å². The number of hydrogen-bond acceptors (Lipinski definition) is 7. The second-order valence-electron chi connectivity index (χ2n) is 9.26. The molecule has 2 aromatic carbocycles. The Labute approximate surface area is 243 Å². The average Bonchev–Trinajstić information content (AvgIpc) is 2.98. The van der Waals surface area contributed by atoms with Crippen molar-refractivity contribution in [2.45, 2.75) is 44.9 Å². The first-order chi connectivity index (χ1) is 20.3. The van der Waals surface area contributed by atoms with Crippen molar-refractivity contribution in [3.8, 4) is 0 Å². The molecule has 11 heteroatoms. The quantitative estimate of drug-likeness (QED) is 0.197. The number of nitrogens with two attached hydrogens (primary N) is 1. The maximum atomic E-state index is 13.7. The van der Waals surface area contributed by atoms with Gasteiger partial charge in [0.15, 0.2) is 0 Å². The van der Waals surface area contributed by atoms with E-state index in [-0.39, 0.29) is 38.2 Å². The molecule has 1 aromatic heterocycles. The van der Waals surface area contributed by atoms with Crippen LogP contribution in [0.3, 0.4) is 0 Å². The van der Waals surface area contributed by atoms with Crippen molar-refractivity contribution < 1.29 is 28.7 Å². The van der Waals surface area contributed by atoms with Crippen LogP contribution in [0.25, 0.3) is 0 Å². The largest absolute Gasteiger partial charge is 0.463 e. The number of amides is 3. The summed E-state index contributed by atoms with van der Waals surface area (Å²) in [6.07, 6.45) is 3.42. The van der Waals surface area contributed by atoms with Crippen molar-refractivity contribution in [1.29, 1.82) is 0 Å². The van der Waals surface area contributed by atoms with E-state index in [0.29, 0.717) is 0 Å². The number of nitrogens with zero attached hydrogens (tertiary/aromatic N) is 1. The summed E-state index contributed by atoms with van der Waals surface area (Å²) in [6.45, 7) is 1.85. The summed E-state index contributed by atoms with van der Waals surface area (Å²) in [5.41, 5.74) is 6.16. The lowest BCUT2D eigenvalue weighted by atomic mass is 10.0. The molecular weight excluding hydrogens is 540 g/mol. The molecule has 3 amide bonds. The number of benzene rings is 2. The number of ether oxygens (including phenoxy) is 2. The van der Waals surface area contributed by atoms with Gasteiger partial charge in [0.2, 0.25) is 11.8 Å². The number of carbonyl (C=O) groups is 4. The molecule has 0 saturated carbocycles. The lowest BCUT2D eigenvalue weighted by Crippen LogP contribution is -2.43. The third-order valence-corrected chi connectivity index (χ3v) is 6.11. The van der Waals surface area contributed by atoms with Crippen LogP contribution in [-0.2, 0) is 36.9 Å². The topological polar surface area (TPSA) is 159 Å². The lowest BCUT2D eigenvalue weighted by molar-refractivity contribution is -0.137. The Morgan fingerprint density at radius 1 is 0.929 bits per heavy atom. The Hall–Kier alpha value is -5.19. The Balaban J connectivity index is 1.85. The minimum absolute atomic E-state index is 0.0126. The number of rotatable bonds is 14. The molecule has 0 spiro atoms. The zero-order valence-corrected chi connectivity index (χ0v) is 23.2. The second kappa shape index (κ2) is 16.2. The highest BCUT2D eigenvalue weighted by Gasteiger charge is 2.25. The van der Waals surface area contributed by atoms with Crippen LogP contribution in [0.4, 0.5) is 10.5 Å². The van der Waals surface area contributed by atoms with Crippen LogP contribution in [0.15, 0.2) is 95.9 Å². The Morgan fingerprint density at radius 3 is 2.24 bits per heavy atom. The zero-order valence-electron chi connectivity index (χ0n) is 23.2. The fraction of sp³-hybridized carbons (Fsp3) is 0.258. The van der Waals surface area contributed by atoms with Crippen LogP contribution in [0.1, 0.15) is 36.9 Å². The number of esters is 1. The number of nitrogens with one attached hydrogen (secondary N) is 2. The highest BCUT2D eigenvalue weighted by atomic mass is 16.5. The van der Waals surface area contributed by atoms with Crippen LogP contribution in [0.2, 0.25) is 0 Å².